The molecule has 0 aromatic carbocycles. The Hall–Kier alpha value is -1.62. The maximum absolute atomic E-state index is 12.7. The van der Waals surface area contributed by atoms with Gasteiger partial charge in [-0.1, -0.05) is 13.0 Å². The second-order valence-electron chi connectivity index (χ2n) is 8.01. The van der Waals surface area contributed by atoms with Gasteiger partial charge in [-0.05, 0) is 69.7 Å². The lowest BCUT2D eigenvalue weighted by Gasteiger charge is -2.36. The van der Waals surface area contributed by atoms with Crippen LogP contribution in [0.4, 0.5) is 5.82 Å². The molecule has 5 nitrogen and oxygen atoms in total. The number of hydrogen-bond acceptors (Lipinski definition) is 4. The first kappa shape index (κ1) is 19.2. The molecule has 2 fully saturated rings. The van der Waals surface area contributed by atoms with Crippen molar-refractivity contribution in [2.45, 2.75) is 39.5 Å². The molecule has 1 aromatic heterocycles. The highest BCUT2D eigenvalue weighted by Gasteiger charge is 2.25. The molecule has 0 atom stereocenters. The number of aromatic nitrogens is 1. The van der Waals surface area contributed by atoms with Crippen LogP contribution in [0, 0.1) is 11.8 Å². The number of likely N-dealkylation sites (tertiary alicyclic amines) is 1. The van der Waals surface area contributed by atoms with Crippen LogP contribution in [0.1, 0.15) is 39.5 Å². The predicted octanol–water partition coefficient (Wildman–Crippen LogP) is 2.88. The number of carbonyl (C=O) groups is 1. The van der Waals surface area contributed by atoms with Crippen molar-refractivity contribution in [1.29, 1.82) is 0 Å². The largest absolute Gasteiger partial charge is 0.357 e. The standard InChI is InChI=1S/C21H34N4O/c1-3-24(21(26)17-23-12-7-18(2)8-13-23)16-19-9-14-25(15-10-19)20-6-4-5-11-22-20/h4-6,11,18-19H,3,7-10,12-17H2,1-2H3. The number of hydrogen-bond donors (Lipinski definition) is 0. The SMILES string of the molecule is CCN(CC1CCN(c2ccccn2)CC1)C(=O)CN1CCC(C)CC1. The fraction of sp³-hybridized carbons (Fsp3) is 0.714. The zero-order valence-electron chi connectivity index (χ0n) is 16.4. The number of carbonyl (C=O) groups excluding carboxylic acids is 1. The van der Waals surface area contributed by atoms with Crippen molar-refractivity contribution < 1.29 is 4.79 Å². The monoisotopic (exact) mass is 358 g/mol. The lowest BCUT2D eigenvalue weighted by atomic mass is 9.96. The molecule has 0 radical (unpaired) electrons. The minimum absolute atomic E-state index is 0.314. The van der Waals surface area contributed by atoms with Gasteiger partial charge in [0.05, 0.1) is 6.54 Å². The first-order valence-corrected chi connectivity index (χ1v) is 10.3. The van der Waals surface area contributed by atoms with E-state index in [9.17, 15) is 4.79 Å². The first-order valence-electron chi connectivity index (χ1n) is 10.3. The number of piperidine rings is 2. The van der Waals surface area contributed by atoms with Crippen LogP contribution < -0.4 is 4.90 Å². The zero-order valence-corrected chi connectivity index (χ0v) is 16.4. The van der Waals surface area contributed by atoms with Crippen molar-refractivity contribution in [2.24, 2.45) is 11.8 Å². The molecule has 0 N–H and O–H groups in total. The highest BCUT2D eigenvalue weighted by atomic mass is 16.2. The minimum Gasteiger partial charge on any atom is -0.357 e. The van der Waals surface area contributed by atoms with E-state index in [0.717, 1.165) is 63.8 Å². The molecule has 5 heteroatoms. The van der Waals surface area contributed by atoms with Crippen LogP contribution in [-0.2, 0) is 4.79 Å². The number of nitrogens with zero attached hydrogens (tertiary/aromatic N) is 4. The molecule has 0 spiro atoms. The van der Waals surface area contributed by atoms with Gasteiger partial charge in [-0.3, -0.25) is 9.69 Å². The lowest BCUT2D eigenvalue weighted by molar-refractivity contribution is -0.133. The van der Waals surface area contributed by atoms with E-state index >= 15 is 0 Å². The second kappa shape index (κ2) is 9.36. The maximum atomic E-state index is 12.7. The summed E-state index contributed by atoms with van der Waals surface area (Å²) >= 11 is 0. The molecule has 1 aromatic rings. The Labute approximate surface area is 158 Å². The molecule has 144 valence electrons. The summed E-state index contributed by atoms with van der Waals surface area (Å²) in [7, 11) is 0. The number of rotatable bonds is 6. The van der Waals surface area contributed by atoms with Gasteiger partial charge in [-0.15, -0.1) is 0 Å². The quantitative estimate of drug-likeness (QED) is 0.784. The van der Waals surface area contributed by atoms with Gasteiger partial charge in [0.25, 0.3) is 0 Å². The van der Waals surface area contributed by atoms with Gasteiger partial charge in [0, 0.05) is 32.4 Å². The molecule has 0 unspecified atom stereocenters. The van der Waals surface area contributed by atoms with E-state index < -0.39 is 0 Å². The summed E-state index contributed by atoms with van der Waals surface area (Å²) in [5, 5.41) is 0. The third kappa shape index (κ3) is 5.19. The first-order chi connectivity index (χ1) is 12.7. The van der Waals surface area contributed by atoms with Crippen molar-refractivity contribution in [1.82, 2.24) is 14.8 Å². The Morgan fingerprint density at radius 1 is 1.15 bits per heavy atom. The van der Waals surface area contributed by atoms with Gasteiger partial charge in [-0.2, -0.15) is 0 Å². The summed E-state index contributed by atoms with van der Waals surface area (Å²) in [6, 6.07) is 6.10. The van der Waals surface area contributed by atoms with Crippen molar-refractivity contribution >= 4 is 11.7 Å². The zero-order chi connectivity index (χ0) is 18.4. The van der Waals surface area contributed by atoms with E-state index in [4.69, 9.17) is 0 Å². The summed E-state index contributed by atoms with van der Waals surface area (Å²) in [5.74, 6) is 2.82. The summed E-state index contributed by atoms with van der Waals surface area (Å²) < 4.78 is 0. The van der Waals surface area contributed by atoms with Gasteiger partial charge in [0.1, 0.15) is 5.82 Å². The van der Waals surface area contributed by atoms with Crippen LogP contribution in [0.25, 0.3) is 0 Å². The van der Waals surface area contributed by atoms with E-state index in [-0.39, 0.29) is 0 Å². The van der Waals surface area contributed by atoms with E-state index in [1.165, 1.54) is 12.8 Å². The minimum atomic E-state index is 0.314. The number of pyridine rings is 1. The molecule has 26 heavy (non-hydrogen) atoms. The molecule has 0 bridgehead atoms. The smallest absolute Gasteiger partial charge is 0.236 e. The summed E-state index contributed by atoms with van der Waals surface area (Å²) in [5.41, 5.74) is 0. The third-order valence-electron chi connectivity index (χ3n) is 6.04. The fourth-order valence-corrected chi connectivity index (χ4v) is 4.12. The average Bonchev–Trinajstić information content (AvgIpc) is 2.69. The van der Waals surface area contributed by atoms with Gasteiger partial charge in [0.2, 0.25) is 5.91 Å². The van der Waals surface area contributed by atoms with Crippen LogP contribution >= 0.6 is 0 Å². The van der Waals surface area contributed by atoms with Gasteiger partial charge < -0.3 is 9.80 Å². The molecule has 2 aliphatic rings. The molecule has 3 rings (SSSR count). The van der Waals surface area contributed by atoms with Crippen LogP contribution in [-0.4, -0.2) is 66.5 Å². The van der Waals surface area contributed by atoms with Gasteiger partial charge in [0.15, 0.2) is 0 Å². The molecule has 3 heterocycles. The van der Waals surface area contributed by atoms with E-state index in [0.29, 0.717) is 18.4 Å². The van der Waals surface area contributed by atoms with Crippen LogP contribution in [0.3, 0.4) is 0 Å². The molecule has 1 amide bonds. The molecular weight excluding hydrogens is 324 g/mol. The van der Waals surface area contributed by atoms with Crippen molar-refractivity contribution in [3.63, 3.8) is 0 Å². The number of likely N-dealkylation sites (N-methyl/N-ethyl adjacent to an activating group) is 1. The lowest BCUT2D eigenvalue weighted by Crippen LogP contribution is -2.46. The highest BCUT2D eigenvalue weighted by Crippen LogP contribution is 2.22. The third-order valence-corrected chi connectivity index (χ3v) is 6.04. The summed E-state index contributed by atoms with van der Waals surface area (Å²) in [6.07, 6.45) is 6.60. The van der Waals surface area contributed by atoms with E-state index in [1.807, 2.05) is 18.3 Å². The fourth-order valence-electron chi connectivity index (χ4n) is 4.12. The average molecular weight is 359 g/mol. The van der Waals surface area contributed by atoms with Crippen molar-refractivity contribution in [2.75, 3.05) is 50.7 Å². The van der Waals surface area contributed by atoms with Crippen molar-refractivity contribution in [3.8, 4) is 0 Å². The molecular formula is C21H34N4O. The van der Waals surface area contributed by atoms with Gasteiger partial charge >= 0.3 is 0 Å². The Balaban J connectivity index is 1.44. The number of amides is 1. The highest BCUT2D eigenvalue weighted by molar-refractivity contribution is 5.78. The van der Waals surface area contributed by atoms with Crippen molar-refractivity contribution in [3.05, 3.63) is 24.4 Å². The Morgan fingerprint density at radius 2 is 1.88 bits per heavy atom. The van der Waals surface area contributed by atoms with Crippen LogP contribution in [0.2, 0.25) is 0 Å². The summed E-state index contributed by atoms with van der Waals surface area (Å²) in [4.78, 5) is 24.0. The Kier molecular flexibility index (Phi) is 6.89. The van der Waals surface area contributed by atoms with Crippen LogP contribution in [0.5, 0.6) is 0 Å². The molecule has 0 aliphatic carbocycles. The number of anilines is 1. The molecule has 2 aliphatic heterocycles. The predicted molar refractivity (Wildman–Crippen MR) is 106 cm³/mol. The Morgan fingerprint density at radius 3 is 2.50 bits per heavy atom. The molecule has 2 saturated heterocycles. The Bertz CT molecular complexity index is 548. The summed E-state index contributed by atoms with van der Waals surface area (Å²) in [6.45, 7) is 11.0. The maximum Gasteiger partial charge on any atom is 0.236 e. The van der Waals surface area contributed by atoms with Gasteiger partial charge in [-0.25, -0.2) is 4.98 Å². The second-order valence-corrected chi connectivity index (χ2v) is 8.01. The molecule has 0 saturated carbocycles. The normalized spacial score (nSPS) is 20.3. The van der Waals surface area contributed by atoms with Crippen LogP contribution in [0.15, 0.2) is 24.4 Å². The topological polar surface area (TPSA) is 39.7 Å². The van der Waals surface area contributed by atoms with E-state index in [2.05, 4.69) is 39.6 Å². The van der Waals surface area contributed by atoms with E-state index in [1.54, 1.807) is 0 Å².